The van der Waals surface area contributed by atoms with E-state index >= 15 is 13.2 Å². The van der Waals surface area contributed by atoms with Crippen LogP contribution in [0, 0.1) is 5.92 Å². The summed E-state index contributed by atoms with van der Waals surface area (Å²) in [6.45, 7) is 4.92. The fraction of sp³-hybridized carbons (Fsp3) is 0.429. The van der Waals surface area contributed by atoms with E-state index in [9.17, 15) is 28.8 Å². The van der Waals surface area contributed by atoms with Gasteiger partial charge in [-0.3, -0.25) is 24.0 Å². The van der Waals surface area contributed by atoms with Crippen LogP contribution in [0.25, 0.3) is 0 Å². The van der Waals surface area contributed by atoms with E-state index in [-0.39, 0.29) is 38.8 Å². The first-order chi connectivity index (χ1) is 24.2. The standard InChI is InChI=1S/C35H43F3N6O7/c1-4-12-25-30(47)42-27(19-23-13-7-5-8-14-23)31(48)44-34(22(2)3,35(36,37)38)32(49)43-26(29(46)40-20-28(45)41-25)17-11-18-39-33(50)51-21-24-15-9-6-10-16-24/h4-10,13-16,22,25-27H,1,11-12,17-21H2,2-3H3,(H,39,50)(H,40,46)(H,41,45)(H,42,47)(H,43,49)(H,44,48)/t25-,26-,27+,34?/m0/s1. The zero-order chi connectivity index (χ0) is 37.6. The minimum absolute atomic E-state index is 0.0166. The Labute approximate surface area is 293 Å². The van der Waals surface area contributed by atoms with Gasteiger partial charge in [0.05, 0.1) is 6.54 Å². The van der Waals surface area contributed by atoms with Crippen LogP contribution in [0.5, 0.6) is 0 Å². The van der Waals surface area contributed by atoms with Gasteiger partial charge in [-0.05, 0) is 36.3 Å². The lowest BCUT2D eigenvalue weighted by Crippen LogP contribution is -2.73. The van der Waals surface area contributed by atoms with Crippen molar-refractivity contribution < 1.29 is 46.7 Å². The number of ether oxygens (including phenoxy) is 1. The summed E-state index contributed by atoms with van der Waals surface area (Å²) in [7, 11) is 0. The lowest BCUT2D eigenvalue weighted by molar-refractivity contribution is -0.212. The Balaban J connectivity index is 1.91. The number of amides is 6. The Morgan fingerprint density at radius 2 is 1.53 bits per heavy atom. The Bertz CT molecular complexity index is 1540. The summed E-state index contributed by atoms with van der Waals surface area (Å²) >= 11 is 0. The van der Waals surface area contributed by atoms with Crippen molar-refractivity contribution >= 4 is 35.6 Å². The third-order valence-corrected chi connectivity index (χ3v) is 8.16. The van der Waals surface area contributed by atoms with Crippen LogP contribution < -0.4 is 31.9 Å². The molecule has 1 aliphatic rings. The van der Waals surface area contributed by atoms with Gasteiger partial charge in [-0.1, -0.05) is 80.6 Å². The van der Waals surface area contributed by atoms with E-state index in [1.54, 1.807) is 60.7 Å². The molecular weight excluding hydrogens is 673 g/mol. The van der Waals surface area contributed by atoms with Crippen molar-refractivity contribution in [1.82, 2.24) is 31.9 Å². The van der Waals surface area contributed by atoms with Crippen molar-refractivity contribution in [2.24, 2.45) is 5.92 Å². The number of carbonyl (C=O) groups is 6. The fourth-order valence-electron chi connectivity index (χ4n) is 5.35. The number of rotatable bonds is 11. The van der Waals surface area contributed by atoms with Crippen LogP contribution in [0.3, 0.4) is 0 Å². The van der Waals surface area contributed by atoms with Crippen molar-refractivity contribution in [2.45, 2.75) is 76.0 Å². The predicted molar refractivity (Wildman–Crippen MR) is 179 cm³/mol. The molecule has 1 fully saturated rings. The highest BCUT2D eigenvalue weighted by molar-refractivity contribution is 5.99. The largest absolute Gasteiger partial charge is 0.445 e. The maximum absolute atomic E-state index is 15.1. The normalized spacial score (nSPS) is 22.2. The topological polar surface area (TPSA) is 184 Å². The molecule has 16 heteroatoms. The number of benzene rings is 2. The molecule has 0 bridgehead atoms. The Morgan fingerprint density at radius 1 is 0.902 bits per heavy atom. The average Bonchev–Trinajstić information content (AvgIpc) is 3.09. The molecule has 4 atom stereocenters. The summed E-state index contributed by atoms with van der Waals surface area (Å²) in [4.78, 5) is 79.1. The number of carbonyl (C=O) groups excluding carboxylic acids is 6. The van der Waals surface area contributed by atoms with Crippen LogP contribution in [0.1, 0.15) is 44.2 Å². The smallest absolute Gasteiger partial charge is 0.420 e. The van der Waals surface area contributed by atoms with Crippen LogP contribution in [0.15, 0.2) is 73.3 Å². The first kappa shape index (κ1) is 40.0. The van der Waals surface area contributed by atoms with Crippen LogP contribution in [0.2, 0.25) is 0 Å². The second-order valence-electron chi connectivity index (χ2n) is 12.2. The molecule has 0 aromatic heterocycles. The van der Waals surface area contributed by atoms with Gasteiger partial charge in [0.15, 0.2) is 0 Å². The molecule has 1 unspecified atom stereocenters. The summed E-state index contributed by atoms with van der Waals surface area (Å²) in [6, 6.07) is 12.4. The highest BCUT2D eigenvalue weighted by atomic mass is 19.4. The Kier molecular flexibility index (Phi) is 14.6. The van der Waals surface area contributed by atoms with E-state index in [1.165, 1.54) is 6.08 Å². The SMILES string of the molecule is C=CC[C@@H]1NC(=O)CNC(=O)[C@H](CCCNC(=O)OCc2ccccc2)NC(=O)C(C(C)C)(C(F)(F)F)NC(=O)[C@@H](Cc2ccccc2)NC1=O. The zero-order valence-electron chi connectivity index (χ0n) is 28.3. The molecule has 13 nitrogen and oxygen atoms in total. The van der Waals surface area contributed by atoms with E-state index < -0.39 is 77.9 Å². The molecule has 2 aromatic carbocycles. The number of hydrogen-bond donors (Lipinski definition) is 6. The van der Waals surface area contributed by atoms with Gasteiger partial charge in [0.25, 0.3) is 5.91 Å². The third kappa shape index (κ3) is 11.3. The van der Waals surface area contributed by atoms with E-state index in [4.69, 9.17) is 4.74 Å². The van der Waals surface area contributed by atoms with Gasteiger partial charge >= 0.3 is 12.3 Å². The van der Waals surface area contributed by atoms with Gasteiger partial charge in [0.1, 0.15) is 24.7 Å². The van der Waals surface area contributed by atoms with Crippen LogP contribution in [-0.4, -0.2) is 78.6 Å². The van der Waals surface area contributed by atoms with Crippen molar-refractivity contribution in [3.05, 3.63) is 84.4 Å². The molecule has 1 heterocycles. The quantitative estimate of drug-likeness (QED) is 0.152. The van der Waals surface area contributed by atoms with Gasteiger partial charge < -0.3 is 36.6 Å². The number of nitrogens with one attached hydrogen (secondary N) is 6. The number of alkyl carbamates (subject to hydrolysis) is 1. The summed E-state index contributed by atoms with van der Waals surface area (Å²) in [5.74, 6) is -7.41. The van der Waals surface area contributed by atoms with Crippen molar-refractivity contribution in [3.8, 4) is 0 Å². The molecule has 0 saturated carbocycles. The predicted octanol–water partition coefficient (Wildman–Crippen LogP) is 2.17. The lowest BCUT2D eigenvalue weighted by atomic mass is 9.83. The van der Waals surface area contributed by atoms with Crippen molar-refractivity contribution in [2.75, 3.05) is 13.1 Å². The minimum atomic E-state index is -5.38. The van der Waals surface area contributed by atoms with Gasteiger partial charge in [-0.25, -0.2) is 4.79 Å². The zero-order valence-corrected chi connectivity index (χ0v) is 28.3. The van der Waals surface area contributed by atoms with E-state index in [0.29, 0.717) is 5.56 Å². The second kappa shape index (κ2) is 18.5. The maximum atomic E-state index is 15.1. The fourth-order valence-corrected chi connectivity index (χ4v) is 5.35. The van der Waals surface area contributed by atoms with Gasteiger partial charge in [0.2, 0.25) is 29.2 Å². The second-order valence-corrected chi connectivity index (χ2v) is 12.2. The third-order valence-electron chi connectivity index (χ3n) is 8.16. The highest BCUT2D eigenvalue weighted by Gasteiger charge is 2.64. The number of halogens is 3. The summed E-state index contributed by atoms with van der Waals surface area (Å²) in [6.07, 6.45) is -5.53. The Morgan fingerprint density at radius 3 is 2.12 bits per heavy atom. The van der Waals surface area contributed by atoms with Crippen LogP contribution >= 0.6 is 0 Å². The molecule has 3 rings (SSSR count). The van der Waals surface area contributed by atoms with Gasteiger partial charge in [-0.2, -0.15) is 13.2 Å². The summed E-state index contributed by atoms with van der Waals surface area (Å²) in [5.41, 5.74) is -2.34. The molecule has 0 radical (unpaired) electrons. The molecule has 0 spiro atoms. The molecule has 1 aliphatic heterocycles. The van der Waals surface area contributed by atoms with E-state index in [1.807, 2.05) is 5.32 Å². The molecular formula is C35H43F3N6O7. The van der Waals surface area contributed by atoms with Gasteiger partial charge in [-0.15, -0.1) is 6.58 Å². The van der Waals surface area contributed by atoms with Crippen LogP contribution in [-0.2, 0) is 41.7 Å². The first-order valence-electron chi connectivity index (χ1n) is 16.3. The molecule has 1 saturated heterocycles. The van der Waals surface area contributed by atoms with Crippen LogP contribution in [0.4, 0.5) is 18.0 Å². The monoisotopic (exact) mass is 716 g/mol. The minimum Gasteiger partial charge on any atom is -0.445 e. The molecule has 0 aliphatic carbocycles. The first-order valence-corrected chi connectivity index (χ1v) is 16.3. The van der Waals surface area contributed by atoms with Crippen molar-refractivity contribution in [1.29, 1.82) is 0 Å². The van der Waals surface area contributed by atoms with E-state index in [2.05, 4.69) is 33.2 Å². The molecule has 276 valence electrons. The highest BCUT2D eigenvalue weighted by Crippen LogP contribution is 2.37. The average molecular weight is 717 g/mol. The number of alkyl halides is 3. The lowest BCUT2D eigenvalue weighted by Gasteiger charge is -2.40. The number of hydrogen-bond acceptors (Lipinski definition) is 7. The Hall–Kier alpha value is -5.41. The molecule has 51 heavy (non-hydrogen) atoms. The molecule has 6 N–H and O–H groups in total. The van der Waals surface area contributed by atoms with Crippen molar-refractivity contribution in [3.63, 3.8) is 0 Å². The van der Waals surface area contributed by atoms with Gasteiger partial charge in [0, 0.05) is 13.0 Å². The molecule has 2 aromatic rings. The summed E-state index contributed by atoms with van der Waals surface area (Å²) < 4.78 is 50.4. The van der Waals surface area contributed by atoms with E-state index in [0.717, 1.165) is 19.4 Å². The molecule has 6 amide bonds. The maximum Gasteiger partial charge on any atom is 0.420 e. The summed E-state index contributed by atoms with van der Waals surface area (Å²) in [5, 5.41) is 13.6.